The second-order valence-corrected chi connectivity index (χ2v) is 3.79. The third-order valence-corrected chi connectivity index (χ3v) is 2.68. The van der Waals surface area contributed by atoms with E-state index in [0.29, 0.717) is 12.2 Å². The lowest BCUT2D eigenvalue weighted by molar-refractivity contribution is -0.151. The van der Waals surface area contributed by atoms with Crippen LogP contribution in [0.15, 0.2) is 24.3 Å². The number of alkyl halides is 1. The van der Waals surface area contributed by atoms with E-state index < -0.39 is 17.1 Å². The van der Waals surface area contributed by atoms with Crippen LogP contribution in [0.5, 0.6) is 0 Å². The molecule has 1 atom stereocenters. The number of carbonyl (C=O) groups excluding carboxylic acids is 2. The molecule has 0 saturated carbocycles. The minimum Gasteiger partial charge on any atom is -0.463 e. The van der Waals surface area contributed by atoms with Gasteiger partial charge in [0, 0.05) is 7.11 Å². The van der Waals surface area contributed by atoms with E-state index >= 15 is 0 Å². The van der Waals surface area contributed by atoms with E-state index in [1.165, 1.54) is 0 Å². The number of esters is 1. The number of ether oxygens (including phenoxy) is 2. The van der Waals surface area contributed by atoms with Gasteiger partial charge in [-0.15, -0.1) is 11.6 Å². The maximum Gasteiger partial charge on any atom is 0.376 e. The van der Waals surface area contributed by atoms with Gasteiger partial charge < -0.3 is 9.47 Å². The van der Waals surface area contributed by atoms with Crippen molar-refractivity contribution in [2.75, 3.05) is 14.2 Å². The minimum absolute atomic E-state index is 0.327. The zero-order chi connectivity index (χ0) is 12.8. The predicted molar refractivity (Wildman–Crippen MR) is 62.8 cm³/mol. The number of Topliss-reactive ketones (excluding diaryl/α,β-unsaturated/α-hetero) is 1. The second kappa shape index (κ2) is 6.37. The molecule has 0 spiro atoms. The number of rotatable bonds is 5. The van der Waals surface area contributed by atoms with E-state index in [0.717, 1.165) is 12.7 Å². The van der Waals surface area contributed by atoms with E-state index in [-0.39, 0.29) is 0 Å². The number of carbonyl (C=O) groups is 2. The van der Waals surface area contributed by atoms with E-state index in [2.05, 4.69) is 4.74 Å². The van der Waals surface area contributed by atoms with E-state index in [9.17, 15) is 9.59 Å². The maximum absolute atomic E-state index is 11.6. The monoisotopic (exact) mass is 256 g/mol. The fraction of sp³-hybridized carbons (Fsp3) is 0.333. The SMILES string of the molecule is COCc1ccccc1C(Cl)C(=O)C(=O)OC. The molecule has 1 aromatic rings. The molecule has 5 heteroatoms. The van der Waals surface area contributed by atoms with E-state index in [1.807, 2.05) is 6.07 Å². The fourth-order valence-corrected chi connectivity index (χ4v) is 1.72. The number of methoxy groups -OCH3 is 2. The second-order valence-electron chi connectivity index (χ2n) is 3.35. The van der Waals surface area contributed by atoms with Crippen molar-refractivity contribution in [3.05, 3.63) is 35.4 Å². The lowest BCUT2D eigenvalue weighted by atomic mass is 10.0. The van der Waals surface area contributed by atoms with E-state index in [1.54, 1.807) is 25.3 Å². The van der Waals surface area contributed by atoms with Crippen molar-refractivity contribution in [2.24, 2.45) is 0 Å². The normalized spacial score (nSPS) is 11.9. The molecule has 0 fully saturated rings. The van der Waals surface area contributed by atoms with Crippen molar-refractivity contribution in [1.29, 1.82) is 0 Å². The van der Waals surface area contributed by atoms with Crippen LogP contribution >= 0.6 is 11.6 Å². The molecule has 0 heterocycles. The van der Waals surface area contributed by atoms with Crippen molar-refractivity contribution in [3.8, 4) is 0 Å². The van der Waals surface area contributed by atoms with Crippen LogP contribution in [0.3, 0.4) is 0 Å². The van der Waals surface area contributed by atoms with Crippen LogP contribution in [0.25, 0.3) is 0 Å². The quantitative estimate of drug-likeness (QED) is 0.458. The third-order valence-electron chi connectivity index (χ3n) is 2.24. The zero-order valence-electron chi connectivity index (χ0n) is 9.60. The largest absolute Gasteiger partial charge is 0.463 e. The molecule has 0 aliphatic carbocycles. The first-order valence-electron chi connectivity index (χ1n) is 4.94. The van der Waals surface area contributed by atoms with Gasteiger partial charge in [-0.1, -0.05) is 24.3 Å². The standard InChI is InChI=1S/C12H13ClO4/c1-16-7-8-5-3-4-6-9(8)10(13)11(14)12(15)17-2/h3-6,10H,7H2,1-2H3. The molecular weight excluding hydrogens is 244 g/mol. The first kappa shape index (κ1) is 13.7. The Bertz CT molecular complexity index is 417. The number of hydrogen-bond donors (Lipinski definition) is 0. The van der Waals surface area contributed by atoms with Gasteiger partial charge in [-0.25, -0.2) is 4.79 Å². The number of ketones is 1. The Morgan fingerprint density at radius 3 is 2.53 bits per heavy atom. The summed E-state index contributed by atoms with van der Waals surface area (Å²) in [5, 5.41) is -1.05. The van der Waals surface area contributed by atoms with Gasteiger partial charge in [0.05, 0.1) is 13.7 Å². The molecule has 92 valence electrons. The molecule has 0 N–H and O–H groups in total. The van der Waals surface area contributed by atoms with Crippen LogP contribution in [0, 0.1) is 0 Å². The van der Waals surface area contributed by atoms with Gasteiger partial charge >= 0.3 is 5.97 Å². The molecule has 0 aliphatic rings. The van der Waals surface area contributed by atoms with Crippen LogP contribution < -0.4 is 0 Å². The smallest absolute Gasteiger partial charge is 0.376 e. The molecular formula is C12H13ClO4. The molecule has 0 bridgehead atoms. The first-order chi connectivity index (χ1) is 8.11. The van der Waals surface area contributed by atoms with Gasteiger partial charge in [0.15, 0.2) is 0 Å². The van der Waals surface area contributed by atoms with Gasteiger partial charge in [0.2, 0.25) is 0 Å². The van der Waals surface area contributed by atoms with Crippen LogP contribution in [-0.4, -0.2) is 26.0 Å². The molecule has 0 aromatic heterocycles. The predicted octanol–water partition coefficient (Wildman–Crippen LogP) is 1.85. The van der Waals surface area contributed by atoms with Crippen molar-refractivity contribution in [1.82, 2.24) is 0 Å². The van der Waals surface area contributed by atoms with E-state index in [4.69, 9.17) is 16.3 Å². The third kappa shape index (κ3) is 3.28. The van der Waals surface area contributed by atoms with Gasteiger partial charge in [-0.3, -0.25) is 4.79 Å². The topological polar surface area (TPSA) is 52.6 Å². The molecule has 1 aromatic carbocycles. The first-order valence-corrected chi connectivity index (χ1v) is 5.38. The van der Waals surface area contributed by atoms with Crippen molar-refractivity contribution in [2.45, 2.75) is 12.0 Å². The average Bonchev–Trinajstić information content (AvgIpc) is 2.37. The van der Waals surface area contributed by atoms with Gasteiger partial charge in [0.1, 0.15) is 5.38 Å². The van der Waals surface area contributed by atoms with Crippen LogP contribution in [0.2, 0.25) is 0 Å². The highest BCUT2D eigenvalue weighted by atomic mass is 35.5. The highest BCUT2D eigenvalue weighted by molar-refractivity contribution is 6.47. The lowest BCUT2D eigenvalue weighted by Gasteiger charge is -2.12. The Morgan fingerprint density at radius 2 is 1.94 bits per heavy atom. The Hall–Kier alpha value is -1.39. The number of halogens is 1. The molecule has 1 unspecified atom stereocenters. The van der Waals surface area contributed by atoms with Gasteiger partial charge in [-0.2, -0.15) is 0 Å². The van der Waals surface area contributed by atoms with Crippen molar-refractivity contribution < 1.29 is 19.1 Å². The highest BCUT2D eigenvalue weighted by Crippen LogP contribution is 2.25. The number of benzene rings is 1. The van der Waals surface area contributed by atoms with Crippen molar-refractivity contribution >= 4 is 23.4 Å². The Morgan fingerprint density at radius 1 is 1.29 bits per heavy atom. The summed E-state index contributed by atoms with van der Waals surface area (Å²) in [6.07, 6.45) is 0. The Labute approximate surface area is 104 Å². The summed E-state index contributed by atoms with van der Waals surface area (Å²) in [4.78, 5) is 22.7. The molecule has 0 amide bonds. The summed E-state index contributed by atoms with van der Waals surface area (Å²) in [6, 6.07) is 7.03. The molecule has 1 rings (SSSR count). The summed E-state index contributed by atoms with van der Waals surface area (Å²) in [5.41, 5.74) is 1.33. The van der Waals surface area contributed by atoms with Gasteiger partial charge in [-0.05, 0) is 11.1 Å². The van der Waals surface area contributed by atoms with Crippen LogP contribution in [-0.2, 0) is 25.7 Å². The summed E-state index contributed by atoms with van der Waals surface area (Å²) < 4.78 is 9.35. The molecule has 0 saturated heterocycles. The van der Waals surface area contributed by atoms with Crippen LogP contribution in [0.1, 0.15) is 16.5 Å². The minimum atomic E-state index is -1.05. The summed E-state index contributed by atoms with van der Waals surface area (Å²) >= 11 is 5.97. The summed E-state index contributed by atoms with van der Waals surface area (Å²) in [5.74, 6) is -1.73. The summed E-state index contributed by atoms with van der Waals surface area (Å²) in [6.45, 7) is 0.327. The summed E-state index contributed by atoms with van der Waals surface area (Å²) in [7, 11) is 2.69. The molecule has 17 heavy (non-hydrogen) atoms. The zero-order valence-corrected chi connectivity index (χ0v) is 10.4. The number of hydrogen-bond acceptors (Lipinski definition) is 4. The molecule has 4 nitrogen and oxygen atoms in total. The average molecular weight is 257 g/mol. The highest BCUT2D eigenvalue weighted by Gasteiger charge is 2.27. The maximum atomic E-state index is 11.6. The van der Waals surface area contributed by atoms with Crippen molar-refractivity contribution in [3.63, 3.8) is 0 Å². The Balaban J connectivity index is 2.99. The molecule has 0 aliphatic heterocycles. The lowest BCUT2D eigenvalue weighted by Crippen LogP contribution is -2.21. The van der Waals surface area contributed by atoms with Crippen LogP contribution in [0.4, 0.5) is 0 Å². The van der Waals surface area contributed by atoms with Gasteiger partial charge in [0.25, 0.3) is 5.78 Å². The Kier molecular flexibility index (Phi) is 5.12. The fourth-order valence-electron chi connectivity index (χ4n) is 1.41. The molecule has 0 radical (unpaired) electrons.